The van der Waals surface area contributed by atoms with Crippen molar-refractivity contribution in [2.45, 2.75) is 58.7 Å². The van der Waals surface area contributed by atoms with Crippen LogP contribution in [0.15, 0.2) is 72.8 Å². The summed E-state index contributed by atoms with van der Waals surface area (Å²) in [5.74, 6) is -0.601. The Morgan fingerprint density at radius 1 is 0.927 bits per heavy atom. The lowest BCUT2D eigenvalue weighted by Crippen LogP contribution is -2.52. The second-order valence-electron chi connectivity index (χ2n) is 10.4. The Hall–Kier alpha value is -3.07. The lowest BCUT2D eigenvalue weighted by Gasteiger charge is -2.33. The number of nitrogens with zero attached hydrogens (tertiary/aromatic N) is 2. The quantitative estimate of drug-likeness (QED) is 0.254. The van der Waals surface area contributed by atoms with E-state index in [1.807, 2.05) is 57.2 Å². The van der Waals surface area contributed by atoms with E-state index in [0.29, 0.717) is 21.3 Å². The third-order valence-electron chi connectivity index (χ3n) is 6.53. The maximum Gasteiger partial charge on any atom is 0.243 e. The first kappa shape index (κ1) is 32.4. The standard InChI is InChI=1S/C31H37Cl2N3O4S/c1-22(2)34-31(38)29(20-24-12-6-5-7-13-24)35(21-26-27(32)15-9-16-28(26)33)30(37)17-10-18-36(41(4,39)40)25-14-8-11-23(3)19-25/h5-9,11-16,19,22,29H,10,17-18,20-21H2,1-4H3,(H,34,38)/t29-/m1/s1. The topological polar surface area (TPSA) is 86.8 Å². The Morgan fingerprint density at radius 3 is 2.15 bits per heavy atom. The van der Waals surface area contributed by atoms with E-state index in [-0.39, 0.29) is 50.2 Å². The zero-order valence-corrected chi connectivity index (χ0v) is 26.1. The molecule has 220 valence electrons. The Kier molecular flexibility index (Phi) is 11.6. The zero-order chi connectivity index (χ0) is 30.2. The molecule has 3 rings (SSSR count). The van der Waals surface area contributed by atoms with Gasteiger partial charge in [0.25, 0.3) is 0 Å². The van der Waals surface area contributed by atoms with Crippen LogP contribution < -0.4 is 9.62 Å². The zero-order valence-electron chi connectivity index (χ0n) is 23.8. The number of nitrogens with one attached hydrogen (secondary N) is 1. The summed E-state index contributed by atoms with van der Waals surface area (Å²) in [6.45, 7) is 5.74. The monoisotopic (exact) mass is 617 g/mol. The van der Waals surface area contributed by atoms with E-state index >= 15 is 0 Å². The fourth-order valence-corrected chi connectivity index (χ4v) is 6.05. The molecule has 7 nitrogen and oxygen atoms in total. The summed E-state index contributed by atoms with van der Waals surface area (Å²) >= 11 is 13.0. The van der Waals surface area contributed by atoms with Crippen molar-refractivity contribution in [3.63, 3.8) is 0 Å². The molecule has 0 aliphatic heterocycles. The molecule has 0 aliphatic carbocycles. The first-order chi connectivity index (χ1) is 19.4. The summed E-state index contributed by atoms with van der Waals surface area (Å²) in [4.78, 5) is 29.0. The number of carbonyl (C=O) groups is 2. The first-order valence-electron chi connectivity index (χ1n) is 13.5. The Balaban J connectivity index is 1.93. The van der Waals surface area contributed by atoms with E-state index < -0.39 is 16.1 Å². The number of benzene rings is 3. The van der Waals surface area contributed by atoms with Gasteiger partial charge in [0.05, 0.1) is 11.9 Å². The summed E-state index contributed by atoms with van der Waals surface area (Å²) < 4.78 is 26.5. The van der Waals surface area contributed by atoms with Gasteiger partial charge in [0, 0.05) is 47.6 Å². The molecule has 0 unspecified atom stereocenters. The predicted molar refractivity (Wildman–Crippen MR) is 167 cm³/mol. The number of halogens is 2. The highest BCUT2D eigenvalue weighted by Crippen LogP contribution is 2.28. The molecule has 0 saturated heterocycles. The third-order valence-corrected chi connectivity index (χ3v) is 8.44. The average molecular weight is 619 g/mol. The molecule has 0 heterocycles. The number of hydrogen-bond donors (Lipinski definition) is 1. The number of sulfonamides is 1. The van der Waals surface area contributed by atoms with Crippen molar-refractivity contribution in [2.24, 2.45) is 0 Å². The van der Waals surface area contributed by atoms with Gasteiger partial charge in [-0.15, -0.1) is 0 Å². The number of carbonyl (C=O) groups excluding carboxylic acids is 2. The molecule has 2 amide bonds. The summed E-state index contributed by atoms with van der Waals surface area (Å²) in [5, 5.41) is 3.73. The third kappa shape index (κ3) is 9.48. The van der Waals surface area contributed by atoms with Crippen LogP contribution in [0.25, 0.3) is 0 Å². The molecule has 1 atom stereocenters. The van der Waals surface area contributed by atoms with Crippen molar-refractivity contribution in [3.8, 4) is 0 Å². The van der Waals surface area contributed by atoms with Crippen molar-refractivity contribution in [3.05, 3.63) is 99.5 Å². The molecule has 0 aliphatic rings. The van der Waals surface area contributed by atoms with Crippen LogP contribution in [0.4, 0.5) is 5.69 Å². The second-order valence-corrected chi connectivity index (χ2v) is 13.1. The molecule has 41 heavy (non-hydrogen) atoms. The van der Waals surface area contributed by atoms with Gasteiger partial charge < -0.3 is 10.2 Å². The van der Waals surface area contributed by atoms with Gasteiger partial charge in [0.15, 0.2) is 0 Å². The average Bonchev–Trinajstić information content (AvgIpc) is 2.89. The Bertz CT molecular complexity index is 1430. The van der Waals surface area contributed by atoms with Crippen LogP contribution in [0.5, 0.6) is 0 Å². The summed E-state index contributed by atoms with van der Waals surface area (Å²) in [6.07, 6.45) is 1.69. The number of hydrogen-bond acceptors (Lipinski definition) is 4. The molecule has 10 heteroatoms. The minimum atomic E-state index is -3.59. The van der Waals surface area contributed by atoms with Crippen LogP contribution in [-0.4, -0.2) is 50.0 Å². The van der Waals surface area contributed by atoms with Gasteiger partial charge in [0.2, 0.25) is 21.8 Å². The molecule has 0 fully saturated rings. The first-order valence-corrected chi connectivity index (χ1v) is 16.1. The molecule has 0 spiro atoms. The van der Waals surface area contributed by atoms with Gasteiger partial charge in [-0.05, 0) is 62.6 Å². The van der Waals surface area contributed by atoms with E-state index in [4.69, 9.17) is 23.2 Å². The van der Waals surface area contributed by atoms with Crippen molar-refractivity contribution >= 4 is 50.7 Å². The van der Waals surface area contributed by atoms with Gasteiger partial charge >= 0.3 is 0 Å². The summed E-state index contributed by atoms with van der Waals surface area (Å²) in [7, 11) is -3.59. The maximum atomic E-state index is 13.9. The molecule has 0 radical (unpaired) electrons. The predicted octanol–water partition coefficient (Wildman–Crippen LogP) is 6.01. The van der Waals surface area contributed by atoms with Crippen molar-refractivity contribution in [1.29, 1.82) is 0 Å². The van der Waals surface area contributed by atoms with Gasteiger partial charge in [-0.2, -0.15) is 0 Å². The van der Waals surface area contributed by atoms with Crippen LogP contribution >= 0.6 is 23.2 Å². The van der Waals surface area contributed by atoms with Crippen LogP contribution in [-0.2, 0) is 32.6 Å². The summed E-state index contributed by atoms with van der Waals surface area (Å²) in [5.41, 5.74) is 2.90. The van der Waals surface area contributed by atoms with Crippen LogP contribution in [0.2, 0.25) is 10.0 Å². The fraction of sp³-hybridized carbons (Fsp3) is 0.355. The highest BCUT2D eigenvalue weighted by atomic mass is 35.5. The fourth-order valence-electron chi connectivity index (χ4n) is 4.58. The minimum Gasteiger partial charge on any atom is -0.352 e. The lowest BCUT2D eigenvalue weighted by atomic mass is 10.0. The van der Waals surface area contributed by atoms with Crippen LogP contribution in [0.3, 0.4) is 0 Å². The SMILES string of the molecule is Cc1cccc(N(CCCC(=O)N(Cc2c(Cl)cccc2Cl)[C@H](Cc2ccccc2)C(=O)NC(C)C)S(C)(=O)=O)c1. The number of rotatable bonds is 13. The normalized spacial score (nSPS) is 12.2. The van der Waals surface area contributed by atoms with E-state index in [2.05, 4.69) is 5.32 Å². The van der Waals surface area contributed by atoms with Crippen molar-refractivity contribution < 1.29 is 18.0 Å². The van der Waals surface area contributed by atoms with Crippen molar-refractivity contribution in [1.82, 2.24) is 10.2 Å². The van der Waals surface area contributed by atoms with Crippen LogP contribution in [0, 0.1) is 6.92 Å². The highest BCUT2D eigenvalue weighted by molar-refractivity contribution is 7.92. The van der Waals surface area contributed by atoms with Gasteiger partial charge in [-0.25, -0.2) is 8.42 Å². The molecule has 0 aromatic heterocycles. The second kappa shape index (κ2) is 14.7. The van der Waals surface area contributed by atoms with E-state index in [1.165, 1.54) is 9.21 Å². The Morgan fingerprint density at radius 2 is 1.56 bits per heavy atom. The number of aryl methyl sites for hydroxylation is 1. The molecule has 0 bridgehead atoms. The van der Waals surface area contributed by atoms with Gasteiger partial charge in [0.1, 0.15) is 6.04 Å². The van der Waals surface area contributed by atoms with Crippen molar-refractivity contribution in [2.75, 3.05) is 17.1 Å². The molecular weight excluding hydrogens is 581 g/mol. The summed E-state index contributed by atoms with van der Waals surface area (Å²) in [6, 6.07) is 20.8. The molecular formula is C31H37Cl2N3O4S. The van der Waals surface area contributed by atoms with Gasteiger partial charge in [-0.1, -0.05) is 71.7 Å². The minimum absolute atomic E-state index is 0.0140. The number of amides is 2. The largest absolute Gasteiger partial charge is 0.352 e. The highest BCUT2D eigenvalue weighted by Gasteiger charge is 2.31. The van der Waals surface area contributed by atoms with Crippen LogP contribution in [0.1, 0.15) is 43.4 Å². The van der Waals surface area contributed by atoms with E-state index in [9.17, 15) is 18.0 Å². The van der Waals surface area contributed by atoms with E-state index in [1.54, 1.807) is 36.4 Å². The molecule has 0 saturated carbocycles. The molecule has 1 N–H and O–H groups in total. The Labute approximate surface area is 253 Å². The number of anilines is 1. The lowest BCUT2D eigenvalue weighted by molar-refractivity contribution is -0.141. The van der Waals surface area contributed by atoms with Gasteiger partial charge in [-0.3, -0.25) is 13.9 Å². The molecule has 3 aromatic carbocycles. The smallest absolute Gasteiger partial charge is 0.243 e. The maximum absolute atomic E-state index is 13.9. The molecule has 3 aromatic rings. The van der Waals surface area contributed by atoms with E-state index in [0.717, 1.165) is 17.4 Å².